The molecule has 5 nitrogen and oxygen atoms in total. The van der Waals surface area contributed by atoms with E-state index in [9.17, 15) is 14.7 Å². The minimum Gasteiger partial charge on any atom is -0.545 e. The number of allylic oxidation sites excluding steroid dienone is 1. The Bertz CT molecular complexity index is 760. The summed E-state index contributed by atoms with van der Waals surface area (Å²) in [6.45, 7) is 1.64. The first-order valence-electron chi connectivity index (χ1n) is 6.05. The first-order chi connectivity index (χ1) is 10.0. The Morgan fingerprint density at radius 1 is 1.24 bits per heavy atom. The summed E-state index contributed by atoms with van der Waals surface area (Å²) in [4.78, 5) is 22.8. The van der Waals surface area contributed by atoms with E-state index in [1.807, 2.05) is 6.07 Å². The molecule has 0 saturated carbocycles. The number of rotatable bonds is 4. The number of nitrogens with zero attached hydrogens (tertiary/aromatic N) is 1. The molecule has 2 aromatic rings. The van der Waals surface area contributed by atoms with E-state index in [2.05, 4.69) is 0 Å². The van der Waals surface area contributed by atoms with Crippen LogP contribution in [0.25, 0.3) is 6.08 Å². The fourth-order valence-corrected chi connectivity index (χ4v) is 1.80. The molecule has 21 heavy (non-hydrogen) atoms. The lowest BCUT2D eigenvalue weighted by atomic mass is 10.0. The largest absolute Gasteiger partial charge is 0.545 e. The van der Waals surface area contributed by atoms with E-state index in [0.29, 0.717) is 16.9 Å². The van der Waals surface area contributed by atoms with Crippen molar-refractivity contribution < 1.29 is 19.1 Å². The molecular weight excluding hydrogens is 270 g/mol. The van der Waals surface area contributed by atoms with Crippen LogP contribution in [0.15, 0.2) is 46.6 Å². The van der Waals surface area contributed by atoms with Gasteiger partial charge in [0.2, 0.25) is 5.78 Å². The lowest BCUT2D eigenvalue weighted by Crippen LogP contribution is -2.21. The van der Waals surface area contributed by atoms with Crippen molar-refractivity contribution in [1.82, 2.24) is 0 Å². The highest BCUT2D eigenvalue weighted by atomic mass is 16.4. The number of nitriles is 1. The number of ketones is 1. The van der Waals surface area contributed by atoms with Crippen molar-refractivity contribution >= 4 is 17.8 Å². The van der Waals surface area contributed by atoms with E-state index in [4.69, 9.17) is 9.68 Å². The van der Waals surface area contributed by atoms with Crippen molar-refractivity contribution in [2.75, 3.05) is 0 Å². The molecule has 0 amide bonds. The lowest BCUT2D eigenvalue weighted by Gasteiger charge is -2.02. The summed E-state index contributed by atoms with van der Waals surface area (Å²) in [6.07, 6.45) is 2.78. The molecule has 0 radical (unpaired) electrons. The van der Waals surface area contributed by atoms with Gasteiger partial charge in [-0.15, -0.1) is 0 Å². The molecular formula is C16H10NO4-. The molecule has 0 spiro atoms. The van der Waals surface area contributed by atoms with Crippen molar-refractivity contribution in [2.24, 2.45) is 0 Å². The maximum absolute atomic E-state index is 12.2. The Morgan fingerprint density at radius 3 is 2.38 bits per heavy atom. The zero-order valence-electron chi connectivity index (χ0n) is 11.1. The van der Waals surface area contributed by atoms with Gasteiger partial charge in [-0.2, -0.15) is 5.26 Å². The van der Waals surface area contributed by atoms with Crippen LogP contribution in [0.4, 0.5) is 0 Å². The van der Waals surface area contributed by atoms with Gasteiger partial charge in [-0.05, 0) is 30.2 Å². The molecule has 0 N–H and O–H groups in total. The predicted molar refractivity (Wildman–Crippen MR) is 72.1 cm³/mol. The Hall–Kier alpha value is -3.13. The Kier molecular flexibility index (Phi) is 4.00. The second-order valence-electron chi connectivity index (χ2n) is 4.30. The SMILES string of the molecule is Cc1occc1C(=O)/C(C#N)=C/c1ccc(C(=O)[O-])cc1. The summed E-state index contributed by atoms with van der Waals surface area (Å²) < 4.78 is 5.04. The van der Waals surface area contributed by atoms with E-state index in [-0.39, 0.29) is 11.1 Å². The number of benzene rings is 1. The molecule has 0 fully saturated rings. The van der Waals surface area contributed by atoms with Crippen LogP contribution < -0.4 is 5.11 Å². The quantitative estimate of drug-likeness (QED) is 0.483. The molecule has 1 aromatic heterocycles. The highest BCUT2D eigenvalue weighted by Crippen LogP contribution is 2.16. The third-order valence-corrected chi connectivity index (χ3v) is 2.93. The number of hydrogen-bond acceptors (Lipinski definition) is 5. The van der Waals surface area contributed by atoms with Gasteiger partial charge in [0, 0.05) is 0 Å². The molecule has 0 atom stereocenters. The molecule has 0 aliphatic rings. The van der Waals surface area contributed by atoms with Crippen LogP contribution in [0, 0.1) is 18.3 Å². The second kappa shape index (κ2) is 5.88. The molecule has 0 bridgehead atoms. The maximum atomic E-state index is 12.2. The van der Waals surface area contributed by atoms with Crippen LogP contribution in [0.5, 0.6) is 0 Å². The number of carbonyl (C=O) groups is 2. The number of hydrogen-bond donors (Lipinski definition) is 0. The smallest absolute Gasteiger partial charge is 0.207 e. The molecule has 0 aliphatic carbocycles. The maximum Gasteiger partial charge on any atom is 0.207 e. The topological polar surface area (TPSA) is 94.1 Å². The second-order valence-corrected chi connectivity index (χ2v) is 4.30. The Labute approximate surface area is 120 Å². The summed E-state index contributed by atoms with van der Waals surface area (Å²) in [6, 6.07) is 9.04. The van der Waals surface area contributed by atoms with Gasteiger partial charge in [0.05, 0.1) is 17.8 Å². The van der Waals surface area contributed by atoms with E-state index in [1.54, 1.807) is 6.92 Å². The molecule has 5 heteroatoms. The number of aryl methyl sites for hydroxylation is 1. The number of Topliss-reactive ketones (excluding diaryl/α,β-unsaturated/α-hetero) is 1. The van der Waals surface area contributed by atoms with Crippen LogP contribution in [-0.4, -0.2) is 11.8 Å². The van der Waals surface area contributed by atoms with Crippen LogP contribution in [-0.2, 0) is 0 Å². The molecule has 2 rings (SSSR count). The first kappa shape index (κ1) is 14.3. The molecule has 0 saturated heterocycles. The van der Waals surface area contributed by atoms with Crippen LogP contribution in [0.3, 0.4) is 0 Å². The van der Waals surface area contributed by atoms with Crippen molar-refractivity contribution in [3.63, 3.8) is 0 Å². The van der Waals surface area contributed by atoms with Crippen molar-refractivity contribution in [1.29, 1.82) is 5.26 Å². The number of carbonyl (C=O) groups excluding carboxylic acids is 2. The standard InChI is InChI=1S/C16H11NO4/c1-10-14(6-7-21-10)15(18)13(9-17)8-11-2-4-12(5-3-11)16(19)20/h2-8H,1H3,(H,19,20)/p-1/b13-8+. The van der Waals surface area contributed by atoms with Gasteiger partial charge >= 0.3 is 0 Å². The van der Waals surface area contributed by atoms with E-state index >= 15 is 0 Å². The zero-order valence-corrected chi connectivity index (χ0v) is 11.1. The van der Waals surface area contributed by atoms with Gasteiger partial charge in [-0.25, -0.2) is 0 Å². The van der Waals surface area contributed by atoms with Crippen molar-refractivity contribution in [2.45, 2.75) is 6.92 Å². The van der Waals surface area contributed by atoms with Gasteiger partial charge in [-0.3, -0.25) is 4.79 Å². The van der Waals surface area contributed by atoms with Gasteiger partial charge in [0.15, 0.2) is 0 Å². The van der Waals surface area contributed by atoms with Gasteiger partial charge in [0.1, 0.15) is 17.4 Å². The van der Waals surface area contributed by atoms with Crippen molar-refractivity contribution in [3.8, 4) is 6.07 Å². The zero-order chi connectivity index (χ0) is 15.4. The fourth-order valence-electron chi connectivity index (χ4n) is 1.80. The van der Waals surface area contributed by atoms with Crippen LogP contribution in [0.2, 0.25) is 0 Å². The van der Waals surface area contributed by atoms with Crippen molar-refractivity contribution in [3.05, 3.63) is 64.6 Å². The molecule has 1 heterocycles. The normalized spacial score (nSPS) is 11.0. The number of carboxylic acids is 1. The summed E-state index contributed by atoms with van der Waals surface area (Å²) in [5.41, 5.74) is 0.851. The third-order valence-electron chi connectivity index (χ3n) is 2.93. The Morgan fingerprint density at radius 2 is 1.90 bits per heavy atom. The predicted octanol–water partition coefficient (Wildman–Crippen LogP) is 1.74. The van der Waals surface area contributed by atoms with Gasteiger partial charge in [-0.1, -0.05) is 24.3 Å². The van der Waals surface area contributed by atoms with Crippen LogP contribution >= 0.6 is 0 Å². The fraction of sp³-hybridized carbons (Fsp3) is 0.0625. The molecule has 1 aromatic carbocycles. The number of furan rings is 1. The van der Waals surface area contributed by atoms with Crippen LogP contribution in [0.1, 0.15) is 32.0 Å². The average Bonchev–Trinajstić information content (AvgIpc) is 2.90. The molecule has 0 aliphatic heterocycles. The summed E-state index contributed by atoms with van der Waals surface area (Å²) >= 11 is 0. The highest BCUT2D eigenvalue weighted by Gasteiger charge is 2.16. The Balaban J connectivity index is 2.33. The molecule has 0 unspecified atom stereocenters. The van der Waals surface area contributed by atoms with Gasteiger partial charge in [0.25, 0.3) is 0 Å². The van der Waals surface area contributed by atoms with E-state index in [1.165, 1.54) is 42.7 Å². The minimum atomic E-state index is -1.28. The highest BCUT2D eigenvalue weighted by molar-refractivity contribution is 6.14. The minimum absolute atomic E-state index is 0.0302. The summed E-state index contributed by atoms with van der Waals surface area (Å²) in [5, 5.41) is 19.8. The number of carboxylic acid groups (broad SMARTS) is 1. The average molecular weight is 280 g/mol. The van der Waals surface area contributed by atoms with E-state index in [0.717, 1.165) is 0 Å². The monoisotopic (exact) mass is 280 g/mol. The third kappa shape index (κ3) is 3.07. The van der Waals surface area contributed by atoms with E-state index < -0.39 is 11.8 Å². The lowest BCUT2D eigenvalue weighted by molar-refractivity contribution is -0.255. The van der Waals surface area contributed by atoms with Gasteiger partial charge < -0.3 is 14.3 Å². The molecule has 104 valence electrons. The summed E-state index contributed by atoms with van der Waals surface area (Å²) in [5.74, 6) is -1.28. The number of aromatic carboxylic acids is 1. The first-order valence-corrected chi connectivity index (χ1v) is 6.05. The summed E-state index contributed by atoms with van der Waals surface area (Å²) in [7, 11) is 0.